The molecular weight excluding hydrogens is 280 g/mol. The number of furan rings is 1. The zero-order chi connectivity index (χ0) is 14.6. The van der Waals surface area contributed by atoms with Crippen LogP contribution in [0.25, 0.3) is 0 Å². The molecule has 1 fully saturated rings. The monoisotopic (exact) mass is 302 g/mol. The van der Waals surface area contributed by atoms with Crippen LogP contribution in [0.3, 0.4) is 0 Å². The van der Waals surface area contributed by atoms with Crippen molar-refractivity contribution in [2.75, 3.05) is 33.4 Å². The average molecular weight is 302 g/mol. The molecule has 2 heterocycles. The second kappa shape index (κ2) is 6.71. The van der Waals surface area contributed by atoms with Crippen molar-refractivity contribution in [1.82, 2.24) is 9.62 Å². The van der Waals surface area contributed by atoms with Crippen LogP contribution in [0.4, 0.5) is 0 Å². The van der Waals surface area contributed by atoms with Gasteiger partial charge in [-0.25, -0.2) is 8.42 Å². The maximum atomic E-state index is 12.4. The van der Waals surface area contributed by atoms with Crippen molar-refractivity contribution in [3.8, 4) is 0 Å². The normalized spacial score (nSPS) is 20.6. The topological polar surface area (TPSA) is 71.8 Å². The standard InChI is InChI=1S/C13H22N2O4S/c1-3-14-8-12-4-5-13(19-12)20(16,17)15-7-6-11(9-15)10-18-2/h4-5,11,14H,3,6-10H2,1-2H3. The average Bonchev–Trinajstić information content (AvgIpc) is 3.06. The van der Waals surface area contributed by atoms with Gasteiger partial charge in [-0.3, -0.25) is 0 Å². The maximum Gasteiger partial charge on any atom is 0.276 e. The van der Waals surface area contributed by atoms with E-state index >= 15 is 0 Å². The van der Waals surface area contributed by atoms with Crippen molar-refractivity contribution < 1.29 is 17.6 Å². The van der Waals surface area contributed by atoms with Crippen molar-refractivity contribution in [3.63, 3.8) is 0 Å². The van der Waals surface area contributed by atoms with E-state index in [2.05, 4.69) is 5.32 Å². The first-order valence-electron chi connectivity index (χ1n) is 6.86. The van der Waals surface area contributed by atoms with Crippen LogP contribution < -0.4 is 5.32 Å². The fourth-order valence-electron chi connectivity index (χ4n) is 2.35. The molecule has 1 aromatic rings. The zero-order valence-corrected chi connectivity index (χ0v) is 12.8. The van der Waals surface area contributed by atoms with Gasteiger partial charge in [0.2, 0.25) is 5.09 Å². The lowest BCUT2D eigenvalue weighted by Gasteiger charge is -2.14. The van der Waals surface area contributed by atoms with Gasteiger partial charge in [0, 0.05) is 20.2 Å². The number of hydrogen-bond donors (Lipinski definition) is 1. The fourth-order valence-corrected chi connectivity index (χ4v) is 3.81. The Balaban J connectivity index is 2.05. The van der Waals surface area contributed by atoms with Crippen molar-refractivity contribution >= 4 is 10.0 Å². The zero-order valence-electron chi connectivity index (χ0n) is 12.0. The Morgan fingerprint density at radius 2 is 2.30 bits per heavy atom. The third kappa shape index (κ3) is 3.41. The summed E-state index contributed by atoms with van der Waals surface area (Å²) in [4.78, 5) is 0. The molecule has 6 nitrogen and oxygen atoms in total. The van der Waals surface area contributed by atoms with Crippen LogP contribution in [0.1, 0.15) is 19.1 Å². The summed E-state index contributed by atoms with van der Waals surface area (Å²) in [6, 6.07) is 3.24. The minimum absolute atomic E-state index is 0.0310. The number of rotatable bonds is 7. The van der Waals surface area contributed by atoms with Crippen molar-refractivity contribution in [3.05, 3.63) is 17.9 Å². The molecule has 2 rings (SSSR count). The molecule has 20 heavy (non-hydrogen) atoms. The molecule has 0 radical (unpaired) electrons. The first-order chi connectivity index (χ1) is 9.57. The van der Waals surface area contributed by atoms with Gasteiger partial charge in [0.25, 0.3) is 10.0 Å². The summed E-state index contributed by atoms with van der Waals surface area (Å²) in [6.45, 7) is 4.96. The third-order valence-electron chi connectivity index (χ3n) is 3.43. The molecular formula is C13H22N2O4S. The van der Waals surface area contributed by atoms with Crippen molar-refractivity contribution in [2.24, 2.45) is 5.92 Å². The molecule has 1 N–H and O–H groups in total. The Hall–Kier alpha value is -0.890. The quantitative estimate of drug-likeness (QED) is 0.815. The SMILES string of the molecule is CCNCc1ccc(S(=O)(=O)N2CCC(COC)C2)o1. The van der Waals surface area contributed by atoms with Gasteiger partial charge >= 0.3 is 0 Å². The Morgan fingerprint density at radius 3 is 3.00 bits per heavy atom. The molecule has 0 amide bonds. The molecule has 0 bridgehead atoms. The molecule has 1 atom stereocenters. The molecule has 1 aliphatic rings. The van der Waals surface area contributed by atoms with Gasteiger partial charge in [-0.15, -0.1) is 0 Å². The van der Waals surface area contributed by atoms with E-state index in [1.807, 2.05) is 6.92 Å². The molecule has 0 aliphatic carbocycles. The van der Waals surface area contributed by atoms with E-state index in [1.165, 1.54) is 10.4 Å². The molecule has 7 heteroatoms. The van der Waals surface area contributed by atoms with Crippen molar-refractivity contribution in [2.45, 2.75) is 25.0 Å². The Morgan fingerprint density at radius 1 is 1.50 bits per heavy atom. The molecule has 0 aromatic carbocycles. The van der Waals surface area contributed by atoms with Crippen LogP contribution in [0, 0.1) is 5.92 Å². The van der Waals surface area contributed by atoms with Gasteiger partial charge in [0.05, 0.1) is 13.2 Å². The van der Waals surface area contributed by atoms with Gasteiger partial charge in [-0.2, -0.15) is 4.31 Å². The highest BCUT2D eigenvalue weighted by atomic mass is 32.2. The number of methoxy groups -OCH3 is 1. The Labute approximate surface area is 120 Å². The van der Waals surface area contributed by atoms with Crippen LogP contribution >= 0.6 is 0 Å². The van der Waals surface area contributed by atoms with Gasteiger partial charge in [-0.05, 0) is 31.0 Å². The smallest absolute Gasteiger partial charge is 0.276 e. The molecule has 1 aromatic heterocycles. The number of nitrogens with zero attached hydrogens (tertiary/aromatic N) is 1. The predicted molar refractivity (Wildman–Crippen MR) is 74.8 cm³/mol. The van der Waals surface area contributed by atoms with Crippen LogP contribution in [-0.4, -0.2) is 46.1 Å². The molecule has 1 aliphatic heterocycles. The highest BCUT2D eigenvalue weighted by molar-refractivity contribution is 7.89. The van der Waals surface area contributed by atoms with Gasteiger partial charge in [0.15, 0.2) is 0 Å². The second-order valence-electron chi connectivity index (χ2n) is 4.97. The minimum Gasteiger partial charge on any atom is -0.447 e. The number of sulfonamides is 1. The highest BCUT2D eigenvalue weighted by Gasteiger charge is 2.34. The maximum absolute atomic E-state index is 12.4. The van der Waals surface area contributed by atoms with E-state index in [4.69, 9.17) is 9.15 Å². The summed E-state index contributed by atoms with van der Waals surface area (Å²) >= 11 is 0. The summed E-state index contributed by atoms with van der Waals surface area (Å²) in [6.07, 6.45) is 0.831. The summed E-state index contributed by atoms with van der Waals surface area (Å²) in [5.41, 5.74) is 0. The lowest BCUT2D eigenvalue weighted by atomic mass is 10.1. The minimum atomic E-state index is -3.51. The van der Waals surface area contributed by atoms with Crippen LogP contribution in [0.5, 0.6) is 0 Å². The van der Waals surface area contributed by atoms with E-state index < -0.39 is 10.0 Å². The van der Waals surface area contributed by atoms with E-state index in [9.17, 15) is 8.42 Å². The van der Waals surface area contributed by atoms with Gasteiger partial charge in [-0.1, -0.05) is 6.92 Å². The lowest BCUT2D eigenvalue weighted by Crippen LogP contribution is -2.29. The Bertz CT molecular complexity index is 526. The predicted octanol–water partition coefficient (Wildman–Crippen LogP) is 1.05. The van der Waals surface area contributed by atoms with Crippen molar-refractivity contribution in [1.29, 1.82) is 0 Å². The number of ether oxygens (including phenoxy) is 1. The summed E-state index contributed by atoms with van der Waals surface area (Å²) in [5.74, 6) is 0.907. The first kappa shape index (κ1) is 15.5. The third-order valence-corrected chi connectivity index (χ3v) is 5.17. The Kier molecular flexibility index (Phi) is 5.20. The molecule has 0 spiro atoms. The largest absolute Gasteiger partial charge is 0.447 e. The molecule has 114 valence electrons. The molecule has 0 saturated carbocycles. The fraction of sp³-hybridized carbons (Fsp3) is 0.692. The molecule has 1 saturated heterocycles. The second-order valence-corrected chi connectivity index (χ2v) is 6.84. The van der Waals surface area contributed by atoms with Gasteiger partial charge < -0.3 is 14.5 Å². The van der Waals surface area contributed by atoms with E-state index in [-0.39, 0.29) is 11.0 Å². The summed E-state index contributed by atoms with van der Waals surface area (Å²) < 4.78 is 36.9. The molecule has 1 unspecified atom stereocenters. The van der Waals surface area contributed by atoms with Gasteiger partial charge in [0.1, 0.15) is 5.76 Å². The van der Waals surface area contributed by atoms with E-state index in [1.54, 1.807) is 13.2 Å². The lowest BCUT2D eigenvalue weighted by molar-refractivity contribution is 0.157. The summed E-state index contributed by atoms with van der Waals surface area (Å²) in [7, 11) is -1.88. The highest BCUT2D eigenvalue weighted by Crippen LogP contribution is 2.25. The summed E-state index contributed by atoms with van der Waals surface area (Å²) in [5, 5.41) is 3.13. The number of hydrogen-bond acceptors (Lipinski definition) is 5. The van der Waals surface area contributed by atoms with Crippen LogP contribution in [0.2, 0.25) is 0 Å². The van der Waals surface area contributed by atoms with E-state index in [0.29, 0.717) is 32.0 Å². The van der Waals surface area contributed by atoms with E-state index in [0.717, 1.165) is 13.0 Å². The van der Waals surface area contributed by atoms with Crippen LogP contribution in [0.15, 0.2) is 21.6 Å². The first-order valence-corrected chi connectivity index (χ1v) is 8.30. The number of nitrogens with one attached hydrogen (secondary N) is 1. The van der Waals surface area contributed by atoms with Crippen LogP contribution in [-0.2, 0) is 21.3 Å².